The highest BCUT2D eigenvalue weighted by atomic mass is 16.3. The Bertz CT molecular complexity index is 2870. The van der Waals surface area contributed by atoms with Crippen LogP contribution in [-0.2, 0) is 0 Å². The summed E-state index contributed by atoms with van der Waals surface area (Å²) in [5.74, 6) is 0. The number of anilines is 6. The average molecular weight is 653 g/mol. The fraction of sp³-hybridized carbons (Fsp3) is 0. The van der Waals surface area contributed by atoms with Crippen molar-refractivity contribution in [1.29, 1.82) is 0 Å². The van der Waals surface area contributed by atoms with Crippen LogP contribution in [0.4, 0.5) is 34.1 Å². The Kier molecular flexibility index (Phi) is 6.81. The van der Waals surface area contributed by atoms with Gasteiger partial charge in [-0.05, 0) is 123 Å². The molecule has 0 spiro atoms. The Labute approximate surface area is 295 Å². The molecule has 0 fully saturated rings. The normalized spacial score (nSPS) is 11.5. The third-order valence-electron chi connectivity index (χ3n) is 9.92. The van der Waals surface area contributed by atoms with Gasteiger partial charge in [-0.25, -0.2) is 0 Å². The molecular formula is C48H32N2O. The first kappa shape index (κ1) is 29.1. The van der Waals surface area contributed by atoms with Crippen LogP contribution < -0.4 is 9.80 Å². The monoisotopic (exact) mass is 652 g/mol. The number of nitrogens with zero attached hydrogens (tertiary/aromatic N) is 2. The molecule has 0 radical (unpaired) electrons. The van der Waals surface area contributed by atoms with Crippen LogP contribution in [0.3, 0.4) is 0 Å². The van der Waals surface area contributed by atoms with Crippen molar-refractivity contribution in [2.75, 3.05) is 9.80 Å². The van der Waals surface area contributed by atoms with Crippen molar-refractivity contribution in [2.45, 2.75) is 0 Å². The van der Waals surface area contributed by atoms with E-state index in [2.05, 4.69) is 204 Å². The smallest absolute Gasteiger partial charge is 0.136 e. The van der Waals surface area contributed by atoms with Gasteiger partial charge < -0.3 is 14.2 Å². The summed E-state index contributed by atoms with van der Waals surface area (Å²) < 4.78 is 6.49. The molecule has 0 aliphatic heterocycles. The molecule has 1 aromatic heterocycles. The van der Waals surface area contributed by atoms with Crippen LogP contribution in [0.25, 0.3) is 54.3 Å². The Morgan fingerprint density at radius 1 is 0.255 bits per heavy atom. The Morgan fingerprint density at radius 3 is 1.24 bits per heavy atom. The van der Waals surface area contributed by atoms with Gasteiger partial charge in [-0.2, -0.15) is 0 Å². The van der Waals surface area contributed by atoms with E-state index in [-0.39, 0.29) is 0 Å². The Balaban J connectivity index is 1.12. The Hall–Kier alpha value is -6.84. The lowest BCUT2D eigenvalue weighted by atomic mass is 10.0. The Morgan fingerprint density at radius 2 is 0.667 bits per heavy atom. The molecule has 240 valence electrons. The molecule has 0 atom stereocenters. The standard InChI is InChI=1S/C48H32N2O/c1-3-15-39(16-4-1)49(41-22-19-33-11-7-9-13-35(33)27-41)43-24-21-37-31-48-45(30-38(37)29-43)46-32-44(25-26-47(46)51-48)50(40-17-5-2-6-18-40)42-23-20-34-12-8-10-14-36(34)28-42/h1-32H. The third kappa shape index (κ3) is 5.15. The van der Waals surface area contributed by atoms with Gasteiger partial charge in [-0.15, -0.1) is 0 Å². The number of furan rings is 1. The molecule has 10 aromatic rings. The fourth-order valence-electron chi connectivity index (χ4n) is 7.45. The van der Waals surface area contributed by atoms with Gasteiger partial charge in [0.1, 0.15) is 11.2 Å². The van der Waals surface area contributed by atoms with E-state index in [1.165, 1.54) is 21.5 Å². The van der Waals surface area contributed by atoms with Crippen LogP contribution in [0.2, 0.25) is 0 Å². The minimum Gasteiger partial charge on any atom is -0.456 e. The highest BCUT2D eigenvalue weighted by Crippen LogP contribution is 2.42. The largest absolute Gasteiger partial charge is 0.456 e. The van der Waals surface area contributed by atoms with E-state index in [0.717, 1.165) is 66.8 Å². The van der Waals surface area contributed by atoms with Crippen LogP contribution in [-0.4, -0.2) is 0 Å². The van der Waals surface area contributed by atoms with Crippen LogP contribution in [0.15, 0.2) is 199 Å². The van der Waals surface area contributed by atoms with Gasteiger partial charge in [-0.3, -0.25) is 0 Å². The molecule has 0 unspecified atom stereocenters. The maximum absolute atomic E-state index is 6.49. The molecule has 0 saturated heterocycles. The predicted octanol–water partition coefficient (Wildman–Crippen LogP) is 14.0. The summed E-state index contributed by atoms with van der Waals surface area (Å²) in [6, 6.07) is 69.3. The van der Waals surface area contributed by atoms with E-state index in [1.807, 2.05) is 0 Å². The lowest BCUT2D eigenvalue weighted by molar-refractivity contribution is 0.669. The number of fused-ring (bicyclic) bond motifs is 6. The van der Waals surface area contributed by atoms with E-state index >= 15 is 0 Å². The van der Waals surface area contributed by atoms with Gasteiger partial charge in [-0.1, -0.05) is 103 Å². The van der Waals surface area contributed by atoms with Crippen molar-refractivity contribution < 1.29 is 4.42 Å². The lowest BCUT2D eigenvalue weighted by Gasteiger charge is -2.26. The first-order chi connectivity index (χ1) is 25.2. The van der Waals surface area contributed by atoms with E-state index in [0.29, 0.717) is 0 Å². The fourth-order valence-corrected chi connectivity index (χ4v) is 7.45. The van der Waals surface area contributed by atoms with Crippen LogP contribution in [0, 0.1) is 0 Å². The number of rotatable bonds is 6. The number of hydrogen-bond donors (Lipinski definition) is 0. The molecule has 1 heterocycles. The van der Waals surface area contributed by atoms with Crippen molar-refractivity contribution in [3.05, 3.63) is 194 Å². The summed E-state index contributed by atoms with van der Waals surface area (Å²) >= 11 is 0. The lowest BCUT2D eigenvalue weighted by Crippen LogP contribution is -2.09. The second-order valence-corrected chi connectivity index (χ2v) is 13.1. The SMILES string of the molecule is c1ccc(N(c2ccc3ccccc3c2)c2ccc3cc4oc5ccc(N(c6ccccc6)c6ccc7ccccc7c6)cc5c4cc3c2)cc1. The minimum atomic E-state index is 0.873. The third-order valence-corrected chi connectivity index (χ3v) is 9.92. The predicted molar refractivity (Wildman–Crippen MR) is 216 cm³/mol. The van der Waals surface area contributed by atoms with Crippen molar-refractivity contribution in [2.24, 2.45) is 0 Å². The van der Waals surface area contributed by atoms with Crippen LogP contribution in [0.1, 0.15) is 0 Å². The summed E-state index contributed by atoms with van der Waals surface area (Å²) in [7, 11) is 0. The van der Waals surface area contributed by atoms with E-state index in [1.54, 1.807) is 0 Å². The summed E-state index contributed by atoms with van der Waals surface area (Å²) in [5.41, 5.74) is 8.37. The average Bonchev–Trinajstić information content (AvgIpc) is 3.54. The van der Waals surface area contributed by atoms with Gasteiger partial charge in [0.05, 0.1) is 0 Å². The number of benzene rings is 9. The number of para-hydroxylation sites is 2. The number of hydrogen-bond acceptors (Lipinski definition) is 3. The molecule has 0 aliphatic rings. The second-order valence-electron chi connectivity index (χ2n) is 13.1. The molecule has 9 aromatic carbocycles. The summed E-state index contributed by atoms with van der Waals surface area (Å²) in [6.07, 6.45) is 0. The minimum absolute atomic E-state index is 0.873. The van der Waals surface area contributed by atoms with E-state index < -0.39 is 0 Å². The van der Waals surface area contributed by atoms with Crippen molar-refractivity contribution in [3.8, 4) is 0 Å². The molecular weight excluding hydrogens is 621 g/mol. The summed E-state index contributed by atoms with van der Waals surface area (Å²) in [5, 5.41) is 9.36. The zero-order chi connectivity index (χ0) is 33.7. The van der Waals surface area contributed by atoms with E-state index in [4.69, 9.17) is 4.42 Å². The molecule has 0 aliphatic carbocycles. The van der Waals surface area contributed by atoms with Crippen molar-refractivity contribution in [1.82, 2.24) is 0 Å². The van der Waals surface area contributed by atoms with E-state index in [9.17, 15) is 0 Å². The molecule has 51 heavy (non-hydrogen) atoms. The maximum atomic E-state index is 6.49. The first-order valence-electron chi connectivity index (χ1n) is 17.3. The van der Waals surface area contributed by atoms with Gasteiger partial charge in [0.15, 0.2) is 0 Å². The molecule has 3 heteroatoms. The summed E-state index contributed by atoms with van der Waals surface area (Å²) in [4.78, 5) is 4.66. The molecule has 0 N–H and O–H groups in total. The van der Waals surface area contributed by atoms with Crippen LogP contribution in [0.5, 0.6) is 0 Å². The molecule has 0 amide bonds. The zero-order valence-electron chi connectivity index (χ0n) is 27.8. The van der Waals surface area contributed by atoms with Gasteiger partial charge >= 0.3 is 0 Å². The highest BCUT2D eigenvalue weighted by Gasteiger charge is 2.18. The maximum Gasteiger partial charge on any atom is 0.136 e. The van der Waals surface area contributed by atoms with Crippen molar-refractivity contribution >= 4 is 88.4 Å². The molecule has 10 rings (SSSR count). The van der Waals surface area contributed by atoms with Gasteiger partial charge in [0, 0.05) is 44.9 Å². The summed E-state index contributed by atoms with van der Waals surface area (Å²) in [6.45, 7) is 0. The molecule has 0 saturated carbocycles. The van der Waals surface area contributed by atoms with Crippen LogP contribution >= 0.6 is 0 Å². The molecule has 3 nitrogen and oxygen atoms in total. The quantitative estimate of drug-likeness (QED) is 0.178. The van der Waals surface area contributed by atoms with Gasteiger partial charge in [0.25, 0.3) is 0 Å². The first-order valence-corrected chi connectivity index (χ1v) is 17.3. The zero-order valence-corrected chi connectivity index (χ0v) is 27.8. The second kappa shape index (κ2) is 11.9. The highest BCUT2D eigenvalue weighted by molar-refractivity contribution is 6.11. The van der Waals surface area contributed by atoms with Gasteiger partial charge in [0.2, 0.25) is 0 Å². The molecule has 0 bridgehead atoms. The topological polar surface area (TPSA) is 19.6 Å². The van der Waals surface area contributed by atoms with Crippen molar-refractivity contribution in [3.63, 3.8) is 0 Å².